The highest BCUT2D eigenvalue weighted by Crippen LogP contribution is 2.40. The van der Waals surface area contributed by atoms with E-state index in [-0.39, 0.29) is 16.2 Å². The maximum atomic E-state index is 12.8. The third-order valence-electron chi connectivity index (χ3n) is 3.46. The quantitative estimate of drug-likeness (QED) is 0.788. The Kier molecular flexibility index (Phi) is 4.92. The van der Waals surface area contributed by atoms with E-state index in [4.69, 9.17) is 16.0 Å². The maximum Gasteiger partial charge on any atom is 0.353 e. The number of benzene rings is 2. The molecule has 6 heteroatoms. The summed E-state index contributed by atoms with van der Waals surface area (Å²) in [5.74, 6) is 0.643. The molecule has 0 heterocycles. The summed E-state index contributed by atoms with van der Waals surface area (Å²) < 4.78 is 36.1. The molecule has 120 valence electrons. The lowest BCUT2D eigenvalue weighted by Crippen LogP contribution is -2.12. The molecule has 1 atom stereocenters. The van der Waals surface area contributed by atoms with Crippen LogP contribution in [0.25, 0.3) is 4.85 Å². The molecule has 0 amide bonds. The zero-order valence-corrected chi connectivity index (χ0v) is 13.9. The number of ether oxygens (including phenoxy) is 2. The number of nitrogens with zero attached hydrogens (tertiary/aromatic N) is 1. The second kappa shape index (κ2) is 6.71. The first-order chi connectivity index (χ1) is 11.0. The molecule has 23 heavy (non-hydrogen) atoms. The van der Waals surface area contributed by atoms with Gasteiger partial charge in [0.25, 0.3) is 9.84 Å². The summed E-state index contributed by atoms with van der Waals surface area (Å²) in [6, 6.07) is 11.3. The SMILES string of the molecule is [C-]#[N+][C@H](c1cccc(OC)c1OC)S(=O)(=O)c1ccc(C)cc1. The van der Waals surface area contributed by atoms with Gasteiger partial charge in [-0.25, -0.2) is 15.0 Å². The number of hydrogen-bond acceptors (Lipinski definition) is 4. The van der Waals surface area contributed by atoms with E-state index in [1.165, 1.54) is 26.4 Å². The van der Waals surface area contributed by atoms with Gasteiger partial charge in [0, 0.05) is 0 Å². The molecule has 0 saturated carbocycles. The fourth-order valence-electron chi connectivity index (χ4n) is 2.27. The van der Waals surface area contributed by atoms with Crippen LogP contribution in [0.1, 0.15) is 16.5 Å². The Morgan fingerprint density at radius 2 is 1.70 bits per heavy atom. The Morgan fingerprint density at radius 1 is 1.04 bits per heavy atom. The lowest BCUT2D eigenvalue weighted by Gasteiger charge is -2.14. The van der Waals surface area contributed by atoms with Gasteiger partial charge >= 0.3 is 5.37 Å². The van der Waals surface area contributed by atoms with E-state index in [0.29, 0.717) is 5.75 Å². The van der Waals surface area contributed by atoms with Crippen molar-refractivity contribution < 1.29 is 17.9 Å². The standard InChI is InChI=1S/C17H17NO4S/c1-12-8-10-13(11-9-12)23(19,20)17(18-2)14-6-5-7-15(21-3)16(14)22-4/h5-11,17H,1,3-4H3/t17-/m0/s1. The molecule has 2 rings (SSSR count). The summed E-state index contributed by atoms with van der Waals surface area (Å²) in [7, 11) is -0.989. The van der Waals surface area contributed by atoms with E-state index < -0.39 is 15.2 Å². The van der Waals surface area contributed by atoms with Crippen LogP contribution < -0.4 is 9.47 Å². The molecule has 0 aliphatic carbocycles. The summed E-state index contributed by atoms with van der Waals surface area (Å²) in [5.41, 5.74) is 1.21. The van der Waals surface area contributed by atoms with E-state index in [0.717, 1.165) is 5.56 Å². The van der Waals surface area contributed by atoms with Gasteiger partial charge in [0.2, 0.25) is 0 Å². The van der Waals surface area contributed by atoms with Crippen molar-refractivity contribution in [3.8, 4) is 11.5 Å². The summed E-state index contributed by atoms with van der Waals surface area (Å²) >= 11 is 0. The number of para-hydroxylation sites is 1. The second-order valence-corrected chi connectivity index (χ2v) is 6.93. The molecular weight excluding hydrogens is 314 g/mol. The van der Waals surface area contributed by atoms with Crippen LogP contribution in [0.5, 0.6) is 11.5 Å². The minimum Gasteiger partial charge on any atom is -0.493 e. The highest BCUT2D eigenvalue weighted by Gasteiger charge is 2.37. The summed E-state index contributed by atoms with van der Waals surface area (Å²) in [6.07, 6.45) is 0. The lowest BCUT2D eigenvalue weighted by molar-refractivity contribution is 0.352. The minimum absolute atomic E-state index is 0.106. The van der Waals surface area contributed by atoms with Crippen molar-refractivity contribution in [1.82, 2.24) is 0 Å². The van der Waals surface area contributed by atoms with E-state index in [9.17, 15) is 8.42 Å². The number of aryl methyl sites for hydroxylation is 1. The molecule has 0 spiro atoms. The monoisotopic (exact) mass is 331 g/mol. The Bertz CT molecular complexity index is 836. The predicted octanol–water partition coefficient (Wildman–Crippen LogP) is 3.40. The van der Waals surface area contributed by atoms with Crippen molar-refractivity contribution in [2.75, 3.05) is 14.2 Å². The van der Waals surface area contributed by atoms with Gasteiger partial charge in [-0.15, -0.1) is 0 Å². The first kappa shape index (κ1) is 16.8. The van der Waals surface area contributed by atoms with E-state index >= 15 is 0 Å². The maximum absolute atomic E-state index is 12.8. The Labute approximate surface area is 136 Å². The molecule has 0 aliphatic rings. The van der Waals surface area contributed by atoms with E-state index in [2.05, 4.69) is 4.85 Å². The number of hydrogen-bond donors (Lipinski definition) is 0. The first-order valence-electron chi connectivity index (χ1n) is 6.83. The van der Waals surface area contributed by atoms with Crippen molar-refractivity contribution >= 4 is 9.84 Å². The van der Waals surface area contributed by atoms with Gasteiger partial charge in [-0.2, -0.15) is 0 Å². The van der Waals surface area contributed by atoms with Crippen LogP contribution in [-0.4, -0.2) is 22.6 Å². The van der Waals surface area contributed by atoms with Gasteiger partial charge in [-0.3, -0.25) is 4.85 Å². The van der Waals surface area contributed by atoms with Crippen LogP contribution in [-0.2, 0) is 9.84 Å². The largest absolute Gasteiger partial charge is 0.493 e. The topological polar surface area (TPSA) is 57.0 Å². The molecule has 2 aromatic rings. The van der Waals surface area contributed by atoms with Crippen LogP contribution in [0.2, 0.25) is 0 Å². The number of rotatable bonds is 5. The van der Waals surface area contributed by atoms with E-state index in [1.54, 1.807) is 30.3 Å². The normalized spacial score (nSPS) is 12.3. The summed E-state index contributed by atoms with van der Waals surface area (Å²) in [4.78, 5) is 3.44. The Hall–Kier alpha value is -2.52. The van der Waals surface area contributed by atoms with Gasteiger partial charge in [0.1, 0.15) is 0 Å². The van der Waals surface area contributed by atoms with Gasteiger partial charge < -0.3 is 9.47 Å². The molecule has 5 nitrogen and oxygen atoms in total. The molecular formula is C17H17NO4S. The molecule has 0 bridgehead atoms. The predicted molar refractivity (Wildman–Crippen MR) is 87.3 cm³/mol. The molecule has 0 radical (unpaired) electrons. The average molecular weight is 331 g/mol. The highest BCUT2D eigenvalue weighted by atomic mass is 32.2. The molecule has 0 N–H and O–H groups in total. The van der Waals surface area contributed by atoms with E-state index in [1.807, 2.05) is 6.92 Å². The smallest absolute Gasteiger partial charge is 0.353 e. The minimum atomic E-state index is -3.87. The third kappa shape index (κ3) is 3.15. The van der Waals surface area contributed by atoms with Crippen LogP contribution in [0.4, 0.5) is 0 Å². The third-order valence-corrected chi connectivity index (χ3v) is 5.34. The van der Waals surface area contributed by atoms with Crippen LogP contribution >= 0.6 is 0 Å². The van der Waals surface area contributed by atoms with Crippen LogP contribution in [0.3, 0.4) is 0 Å². The molecule has 0 unspecified atom stereocenters. The summed E-state index contributed by atoms with van der Waals surface area (Å²) in [5, 5.41) is -1.39. The van der Waals surface area contributed by atoms with Gasteiger partial charge in [-0.1, -0.05) is 23.8 Å². The molecule has 0 saturated heterocycles. The van der Waals surface area contributed by atoms with Crippen molar-refractivity contribution in [2.24, 2.45) is 0 Å². The second-order valence-electron chi connectivity index (χ2n) is 4.92. The van der Waals surface area contributed by atoms with Crippen molar-refractivity contribution in [2.45, 2.75) is 17.2 Å². The number of sulfone groups is 1. The van der Waals surface area contributed by atoms with Crippen molar-refractivity contribution in [1.29, 1.82) is 0 Å². The molecule has 0 aromatic heterocycles. The average Bonchev–Trinajstić information content (AvgIpc) is 2.55. The van der Waals surface area contributed by atoms with Gasteiger partial charge in [0.15, 0.2) is 11.5 Å². The van der Waals surface area contributed by atoms with Gasteiger partial charge in [0.05, 0.1) is 24.7 Å². The van der Waals surface area contributed by atoms with Crippen LogP contribution in [0.15, 0.2) is 47.4 Å². The fraction of sp³-hybridized carbons (Fsp3) is 0.235. The molecule has 2 aromatic carbocycles. The zero-order valence-electron chi connectivity index (χ0n) is 13.1. The molecule has 0 fully saturated rings. The lowest BCUT2D eigenvalue weighted by atomic mass is 10.2. The number of methoxy groups -OCH3 is 2. The fourth-order valence-corrected chi connectivity index (χ4v) is 3.70. The van der Waals surface area contributed by atoms with Crippen molar-refractivity contribution in [3.05, 3.63) is 65.0 Å². The Balaban J connectivity index is 2.61. The van der Waals surface area contributed by atoms with Gasteiger partial charge in [-0.05, 0) is 31.2 Å². The zero-order chi connectivity index (χ0) is 17.0. The van der Waals surface area contributed by atoms with Crippen LogP contribution in [0, 0.1) is 13.5 Å². The highest BCUT2D eigenvalue weighted by molar-refractivity contribution is 7.91. The summed E-state index contributed by atoms with van der Waals surface area (Å²) in [6.45, 7) is 9.26. The van der Waals surface area contributed by atoms with Crippen molar-refractivity contribution in [3.63, 3.8) is 0 Å². The Morgan fingerprint density at radius 3 is 2.22 bits per heavy atom. The first-order valence-corrected chi connectivity index (χ1v) is 8.38. The molecule has 0 aliphatic heterocycles.